The van der Waals surface area contributed by atoms with E-state index in [1.807, 2.05) is 18.4 Å². The van der Waals surface area contributed by atoms with Gasteiger partial charge < -0.3 is 19.7 Å². The molecule has 0 unspecified atom stereocenters. The third kappa shape index (κ3) is 3.73. The van der Waals surface area contributed by atoms with Gasteiger partial charge in [0.15, 0.2) is 5.82 Å². The molecule has 0 radical (unpaired) electrons. The van der Waals surface area contributed by atoms with E-state index >= 15 is 0 Å². The van der Waals surface area contributed by atoms with E-state index in [9.17, 15) is 14.4 Å². The number of carbonyl (C=O) groups is 3. The molecule has 0 spiro atoms. The summed E-state index contributed by atoms with van der Waals surface area (Å²) >= 11 is 0. The van der Waals surface area contributed by atoms with Crippen LogP contribution in [0.25, 0.3) is 0 Å². The first-order valence-electron chi connectivity index (χ1n) is 9.37. The number of hydrogen-bond donors (Lipinski definition) is 1. The van der Waals surface area contributed by atoms with Crippen molar-refractivity contribution in [2.45, 2.75) is 39.7 Å². The van der Waals surface area contributed by atoms with E-state index in [1.165, 1.54) is 0 Å². The number of imidazole rings is 1. The van der Waals surface area contributed by atoms with E-state index in [-0.39, 0.29) is 11.8 Å². The lowest BCUT2D eigenvalue weighted by atomic mass is 10.1. The van der Waals surface area contributed by atoms with Crippen molar-refractivity contribution in [3.8, 4) is 0 Å². The minimum atomic E-state index is -0.216. The van der Waals surface area contributed by atoms with Crippen LogP contribution in [0.5, 0.6) is 0 Å². The molecular weight excluding hydrogens is 334 g/mol. The number of piperazine rings is 1. The van der Waals surface area contributed by atoms with E-state index in [0.29, 0.717) is 50.2 Å². The highest BCUT2D eigenvalue weighted by Crippen LogP contribution is 2.22. The quantitative estimate of drug-likeness (QED) is 0.775. The number of nitrogens with one attached hydrogen (secondary N) is 1. The van der Waals surface area contributed by atoms with Gasteiger partial charge >= 0.3 is 0 Å². The van der Waals surface area contributed by atoms with Gasteiger partial charge in [0.05, 0.1) is 5.69 Å². The normalized spacial score (nSPS) is 17.2. The van der Waals surface area contributed by atoms with Gasteiger partial charge in [0, 0.05) is 39.3 Å². The lowest BCUT2D eigenvalue weighted by molar-refractivity contribution is -0.119. The number of carbonyl (C=O) groups excluding carboxylic acids is 3. The number of amides is 3. The zero-order valence-corrected chi connectivity index (χ0v) is 15.5. The highest BCUT2D eigenvalue weighted by Gasteiger charge is 2.31. The first-order valence-corrected chi connectivity index (χ1v) is 9.37. The van der Waals surface area contributed by atoms with Crippen LogP contribution in [0.1, 0.15) is 53.5 Å². The number of hydrogen-bond acceptors (Lipinski definition) is 4. The Labute approximate surface area is 153 Å². The fraction of sp³-hybridized carbons (Fsp3) is 0.667. The van der Waals surface area contributed by atoms with Crippen LogP contribution in [0.15, 0.2) is 0 Å². The molecule has 26 heavy (non-hydrogen) atoms. The van der Waals surface area contributed by atoms with Crippen LogP contribution >= 0.6 is 0 Å². The summed E-state index contributed by atoms with van der Waals surface area (Å²) in [6.07, 6.45) is 3.56. The van der Waals surface area contributed by atoms with Crippen molar-refractivity contribution in [1.82, 2.24) is 24.7 Å². The molecular formula is C18H27N5O3. The average Bonchev–Trinajstić information content (AvgIpc) is 3.05. The van der Waals surface area contributed by atoms with E-state index in [2.05, 4.69) is 10.3 Å². The largest absolute Gasteiger partial charge is 0.349 e. The summed E-state index contributed by atoms with van der Waals surface area (Å²) < 4.78 is 1.91. The van der Waals surface area contributed by atoms with Crippen LogP contribution in [-0.2, 0) is 17.8 Å². The summed E-state index contributed by atoms with van der Waals surface area (Å²) in [6.45, 7) is 7.44. The third-order valence-corrected chi connectivity index (χ3v) is 4.94. The Hall–Kier alpha value is -2.38. The number of aromatic nitrogens is 2. The van der Waals surface area contributed by atoms with Crippen LogP contribution in [-0.4, -0.2) is 70.3 Å². The molecule has 0 bridgehead atoms. The second-order valence-corrected chi connectivity index (χ2v) is 7.38. The van der Waals surface area contributed by atoms with E-state index < -0.39 is 0 Å². The van der Waals surface area contributed by atoms with Gasteiger partial charge in [-0.2, -0.15) is 0 Å². The van der Waals surface area contributed by atoms with Crippen molar-refractivity contribution in [1.29, 1.82) is 0 Å². The maximum atomic E-state index is 13.0. The fourth-order valence-electron chi connectivity index (χ4n) is 3.44. The molecule has 8 nitrogen and oxygen atoms in total. The van der Waals surface area contributed by atoms with Crippen LogP contribution in [0.4, 0.5) is 0 Å². The van der Waals surface area contributed by atoms with Crippen LogP contribution in [0.3, 0.4) is 0 Å². The van der Waals surface area contributed by atoms with E-state index in [4.69, 9.17) is 0 Å². The maximum Gasteiger partial charge on any atom is 0.287 e. The summed E-state index contributed by atoms with van der Waals surface area (Å²) in [7, 11) is 0. The van der Waals surface area contributed by atoms with Crippen molar-refractivity contribution in [2.24, 2.45) is 5.92 Å². The van der Waals surface area contributed by atoms with Gasteiger partial charge in [-0.25, -0.2) is 4.98 Å². The third-order valence-electron chi connectivity index (χ3n) is 4.94. The van der Waals surface area contributed by atoms with Crippen molar-refractivity contribution in [2.75, 3.05) is 32.7 Å². The Bertz CT molecular complexity index is 689. The molecule has 2 aliphatic rings. The Morgan fingerprint density at radius 2 is 1.88 bits per heavy atom. The van der Waals surface area contributed by atoms with Gasteiger partial charge in [0.1, 0.15) is 5.69 Å². The second kappa shape index (κ2) is 7.88. The van der Waals surface area contributed by atoms with E-state index in [1.54, 1.807) is 9.80 Å². The van der Waals surface area contributed by atoms with Gasteiger partial charge in [0.25, 0.3) is 11.8 Å². The summed E-state index contributed by atoms with van der Waals surface area (Å²) in [5.41, 5.74) is 1.27. The summed E-state index contributed by atoms with van der Waals surface area (Å²) in [5.74, 6) is 0.343. The highest BCUT2D eigenvalue weighted by atomic mass is 16.2. The summed E-state index contributed by atoms with van der Waals surface area (Å²) in [5, 5.41) is 2.90. The van der Waals surface area contributed by atoms with Crippen molar-refractivity contribution < 1.29 is 14.4 Å². The van der Waals surface area contributed by atoms with Crippen LogP contribution in [0.2, 0.25) is 0 Å². The SMILES string of the molecule is CC(C)CNC(=O)c1nc(C(=O)N2CCN(C=O)CC2)c2n1CCCC2. The molecule has 3 amide bonds. The smallest absolute Gasteiger partial charge is 0.287 e. The van der Waals surface area contributed by atoms with Crippen molar-refractivity contribution >= 4 is 18.2 Å². The molecule has 8 heteroatoms. The Morgan fingerprint density at radius 3 is 2.54 bits per heavy atom. The molecule has 1 saturated heterocycles. The van der Waals surface area contributed by atoms with Gasteiger partial charge in [-0.3, -0.25) is 14.4 Å². The minimum absolute atomic E-state index is 0.135. The van der Waals surface area contributed by atoms with Crippen molar-refractivity contribution in [3.05, 3.63) is 17.2 Å². The number of rotatable bonds is 5. The van der Waals surface area contributed by atoms with Crippen LogP contribution in [0, 0.1) is 5.92 Å². The van der Waals surface area contributed by atoms with Crippen molar-refractivity contribution in [3.63, 3.8) is 0 Å². The molecule has 1 aromatic heterocycles. The Balaban J connectivity index is 1.82. The van der Waals surface area contributed by atoms with E-state index in [0.717, 1.165) is 37.9 Å². The van der Waals surface area contributed by atoms with Gasteiger partial charge in [-0.05, 0) is 25.2 Å². The fourth-order valence-corrected chi connectivity index (χ4v) is 3.44. The molecule has 0 aliphatic carbocycles. The number of fused-ring (bicyclic) bond motifs is 1. The topological polar surface area (TPSA) is 87.5 Å². The molecule has 3 heterocycles. The summed E-state index contributed by atoms with van der Waals surface area (Å²) in [6, 6.07) is 0. The molecule has 142 valence electrons. The lowest BCUT2D eigenvalue weighted by Crippen LogP contribution is -2.48. The predicted molar refractivity (Wildman–Crippen MR) is 95.9 cm³/mol. The zero-order chi connectivity index (χ0) is 18.7. The predicted octanol–water partition coefficient (Wildman–Crippen LogP) is 0.519. The number of nitrogens with zero attached hydrogens (tertiary/aromatic N) is 4. The Morgan fingerprint density at radius 1 is 1.15 bits per heavy atom. The molecule has 1 fully saturated rings. The molecule has 1 aromatic rings. The molecule has 0 saturated carbocycles. The molecule has 1 N–H and O–H groups in total. The van der Waals surface area contributed by atoms with Gasteiger partial charge in [-0.1, -0.05) is 13.8 Å². The molecule has 0 aromatic carbocycles. The Kier molecular flexibility index (Phi) is 5.58. The molecule has 2 aliphatic heterocycles. The highest BCUT2D eigenvalue weighted by molar-refractivity contribution is 5.97. The van der Waals surface area contributed by atoms with Gasteiger partial charge in [0.2, 0.25) is 6.41 Å². The van der Waals surface area contributed by atoms with Crippen LogP contribution < -0.4 is 5.32 Å². The maximum absolute atomic E-state index is 13.0. The standard InChI is InChI=1S/C18H27N5O3/c1-13(2)11-19-17(25)16-20-15(14-5-3-4-6-23(14)16)18(26)22-9-7-21(12-24)8-10-22/h12-13H,3-11H2,1-2H3,(H,19,25). The monoisotopic (exact) mass is 361 g/mol. The molecule has 3 rings (SSSR count). The summed E-state index contributed by atoms with van der Waals surface area (Å²) in [4.78, 5) is 44.2. The molecule has 0 atom stereocenters. The zero-order valence-electron chi connectivity index (χ0n) is 15.5. The second-order valence-electron chi connectivity index (χ2n) is 7.38. The lowest BCUT2D eigenvalue weighted by Gasteiger charge is -2.32. The average molecular weight is 361 g/mol. The van der Waals surface area contributed by atoms with Gasteiger partial charge in [-0.15, -0.1) is 0 Å². The first-order chi connectivity index (χ1) is 12.5. The minimum Gasteiger partial charge on any atom is -0.349 e. The first kappa shape index (κ1) is 18.4.